The van der Waals surface area contributed by atoms with E-state index in [0.29, 0.717) is 15.6 Å². The number of hydrogen-bond acceptors (Lipinski definition) is 1. The van der Waals surface area contributed by atoms with Crippen LogP contribution in [0.15, 0.2) is 24.3 Å². The maximum absolute atomic E-state index is 12.1. The number of aromatic nitrogens is 1. The van der Waals surface area contributed by atoms with Crippen LogP contribution in [0.5, 0.6) is 0 Å². The fourth-order valence-electron chi connectivity index (χ4n) is 2.25. The number of nitrogens with zero attached hydrogens (tertiary/aromatic N) is 1. The molecule has 0 spiro atoms. The van der Waals surface area contributed by atoms with Crippen LogP contribution in [0.25, 0.3) is 5.69 Å². The van der Waals surface area contributed by atoms with Crippen molar-refractivity contribution in [3.05, 3.63) is 51.3 Å². The van der Waals surface area contributed by atoms with Crippen molar-refractivity contribution in [1.29, 1.82) is 0 Å². The first kappa shape index (κ1) is 15.4. The van der Waals surface area contributed by atoms with E-state index in [4.69, 9.17) is 34.8 Å². The molecule has 0 saturated heterocycles. The maximum atomic E-state index is 12.1. The van der Waals surface area contributed by atoms with Crippen molar-refractivity contribution in [2.24, 2.45) is 0 Å². The lowest BCUT2D eigenvalue weighted by atomic mass is 10.1. The molecule has 5 heteroatoms. The van der Waals surface area contributed by atoms with E-state index in [0.717, 1.165) is 17.1 Å². The van der Waals surface area contributed by atoms with Gasteiger partial charge >= 0.3 is 0 Å². The Bertz CT molecular complexity index is 674. The minimum atomic E-state index is -0.544. The lowest BCUT2D eigenvalue weighted by Gasteiger charge is -2.11. The number of carbonyl (C=O) groups is 1. The highest BCUT2D eigenvalue weighted by Gasteiger charge is 2.20. The van der Waals surface area contributed by atoms with Crippen molar-refractivity contribution in [3.63, 3.8) is 0 Å². The third-order valence-electron chi connectivity index (χ3n) is 3.22. The first-order chi connectivity index (χ1) is 9.32. The lowest BCUT2D eigenvalue weighted by Crippen LogP contribution is -2.11. The molecule has 106 valence electrons. The van der Waals surface area contributed by atoms with E-state index in [1.165, 1.54) is 0 Å². The molecular weight excluding hydrogens is 317 g/mol. The van der Waals surface area contributed by atoms with Gasteiger partial charge in [-0.3, -0.25) is 4.79 Å². The summed E-state index contributed by atoms with van der Waals surface area (Å²) in [5.74, 6) is -0.0777. The summed E-state index contributed by atoms with van der Waals surface area (Å²) >= 11 is 17.9. The maximum Gasteiger partial charge on any atom is 0.182 e. The number of hydrogen-bond donors (Lipinski definition) is 0. The van der Waals surface area contributed by atoms with Gasteiger partial charge in [-0.25, -0.2) is 0 Å². The zero-order valence-electron chi connectivity index (χ0n) is 11.4. The number of benzene rings is 1. The van der Waals surface area contributed by atoms with Crippen LogP contribution >= 0.6 is 34.8 Å². The molecule has 2 rings (SSSR count). The molecule has 2 nitrogen and oxygen atoms in total. The highest BCUT2D eigenvalue weighted by atomic mass is 35.5. The number of carbonyl (C=O) groups excluding carboxylic acids is 1. The second-order valence-corrected chi connectivity index (χ2v) is 6.17. The number of alkyl halides is 1. The largest absolute Gasteiger partial charge is 0.318 e. The predicted molar refractivity (Wildman–Crippen MR) is 84.9 cm³/mol. The molecule has 0 radical (unpaired) electrons. The van der Waals surface area contributed by atoms with Gasteiger partial charge in [0.15, 0.2) is 5.78 Å². The topological polar surface area (TPSA) is 22.0 Å². The number of ketones is 1. The highest BCUT2D eigenvalue weighted by Crippen LogP contribution is 2.28. The number of halogens is 3. The zero-order valence-corrected chi connectivity index (χ0v) is 13.6. The molecule has 0 aliphatic rings. The predicted octanol–water partition coefficient (Wildman–Crippen LogP) is 5.21. The minimum Gasteiger partial charge on any atom is -0.318 e. The summed E-state index contributed by atoms with van der Waals surface area (Å²) in [7, 11) is 0. The van der Waals surface area contributed by atoms with Gasteiger partial charge < -0.3 is 4.57 Å². The van der Waals surface area contributed by atoms with E-state index in [2.05, 4.69) is 0 Å². The van der Waals surface area contributed by atoms with Gasteiger partial charge in [-0.05, 0) is 45.0 Å². The molecule has 0 amide bonds. The van der Waals surface area contributed by atoms with Crippen LogP contribution < -0.4 is 0 Å². The van der Waals surface area contributed by atoms with Crippen LogP contribution in [0.1, 0.15) is 28.7 Å². The zero-order chi connectivity index (χ0) is 15.0. The van der Waals surface area contributed by atoms with E-state index < -0.39 is 5.38 Å². The van der Waals surface area contributed by atoms with Gasteiger partial charge in [0.2, 0.25) is 0 Å². The van der Waals surface area contributed by atoms with Crippen LogP contribution in [0.3, 0.4) is 0 Å². The molecule has 2 aromatic rings. The van der Waals surface area contributed by atoms with Crippen LogP contribution in [0.2, 0.25) is 10.0 Å². The molecule has 1 atom stereocenters. The summed E-state index contributed by atoms with van der Waals surface area (Å²) in [5.41, 5.74) is 3.30. The smallest absolute Gasteiger partial charge is 0.182 e. The van der Waals surface area contributed by atoms with Crippen molar-refractivity contribution >= 4 is 40.6 Å². The standard InChI is InChI=1S/C15H14Cl3NO/c1-8-6-12(15(20)9(2)16)10(3)19(8)11-4-5-13(17)14(18)7-11/h4-7,9H,1-3H3. The Morgan fingerprint density at radius 3 is 2.35 bits per heavy atom. The number of rotatable bonds is 3. The third-order valence-corrected chi connectivity index (χ3v) is 4.16. The van der Waals surface area contributed by atoms with E-state index in [9.17, 15) is 4.79 Å². The number of Topliss-reactive ketones (excluding diaryl/α,β-unsaturated/α-hetero) is 1. The Balaban J connectivity index is 2.58. The molecule has 20 heavy (non-hydrogen) atoms. The van der Waals surface area contributed by atoms with Crippen molar-refractivity contribution in [3.8, 4) is 5.69 Å². The van der Waals surface area contributed by atoms with Gasteiger partial charge in [0.05, 0.1) is 15.4 Å². The van der Waals surface area contributed by atoms with Crippen LogP contribution in [0.4, 0.5) is 0 Å². The highest BCUT2D eigenvalue weighted by molar-refractivity contribution is 6.42. The molecule has 0 N–H and O–H groups in total. The Labute approximate surface area is 133 Å². The van der Waals surface area contributed by atoms with Crippen LogP contribution in [-0.4, -0.2) is 15.7 Å². The summed E-state index contributed by atoms with van der Waals surface area (Å²) in [4.78, 5) is 12.1. The monoisotopic (exact) mass is 329 g/mol. The Kier molecular flexibility index (Phi) is 4.48. The first-order valence-electron chi connectivity index (χ1n) is 6.15. The minimum absolute atomic E-state index is 0.0777. The summed E-state index contributed by atoms with van der Waals surface area (Å²) in [6.45, 7) is 5.50. The Morgan fingerprint density at radius 1 is 1.15 bits per heavy atom. The van der Waals surface area contributed by atoms with E-state index in [-0.39, 0.29) is 5.78 Å². The average molecular weight is 331 g/mol. The van der Waals surface area contributed by atoms with Crippen molar-refractivity contribution in [2.45, 2.75) is 26.1 Å². The van der Waals surface area contributed by atoms with Gasteiger partial charge in [-0.2, -0.15) is 0 Å². The molecule has 1 aromatic carbocycles. The molecule has 1 unspecified atom stereocenters. The first-order valence-corrected chi connectivity index (χ1v) is 7.34. The van der Waals surface area contributed by atoms with Gasteiger partial charge in [0.1, 0.15) is 0 Å². The summed E-state index contributed by atoms with van der Waals surface area (Å²) in [5, 5.41) is 0.441. The van der Waals surface area contributed by atoms with Gasteiger partial charge in [-0.15, -0.1) is 11.6 Å². The molecular formula is C15H14Cl3NO. The molecule has 0 bridgehead atoms. The van der Waals surface area contributed by atoms with Crippen LogP contribution in [-0.2, 0) is 0 Å². The second kappa shape index (κ2) is 5.80. The Morgan fingerprint density at radius 2 is 1.80 bits per heavy atom. The molecule has 1 aromatic heterocycles. The molecule has 0 aliphatic heterocycles. The van der Waals surface area contributed by atoms with Gasteiger partial charge in [-0.1, -0.05) is 23.2 Å². The molecule has 0 fully saturated rings. The molecule has 0 saturated carbocycles. The second-order valence-electron chi connectivity index (χ2n) is 4.70. The summed E-state index contributed by atoms with van der Waals surface area (Å²) in [6.07, 6.45) is 0. The van der Waals surface area contributed by atoms with E-state index in [1.54, 1.807) is 19.1 Å². The normalized spacial score (nSPS) is 12.5. The van der Waals surface area contributed by atoms with E-state index in [1.807, 2.05) is 30.5 Å². The average Bonchev–Trinajstić information content (AvgIpc) is 2.67. The Hall–Kier alpha value is -0.960. The quantitative estimate of drug-likeness (QED) is 0.559. The molecule has 1 heterocycles. The summed E-state index contributed by atoms with van der Waals surface area (Å²) in [6, 6.07) is 7.23. The van der Waals surface area contributed by atoms with Crippen molar-refractivity contribution in [1.82, 2.24) is 4.57 Å². The fraction of sp³-hybridized carbons (Fsp3) is 0.267. The van der Waals surface area contributed by atoms with Crippen molar-refractivity contribution < 1.29 is 4.79 Å². The van der Waals surface area contributed by atoms with Gasteiger partial charge in [0, 0.05) is 22.6 Å². The van der Waals surface area contributed by atoms with Crippen LogP contribution in [0, 0.1) is 13.8 Å². The molecule has 0 aliphatic carbocycles. The number of aryl methyl sites for hydroxylation is 1. The SMILES string of the molecule is Cc1cc(C(=O)C(C)Cl)c(C)n1-c1ccc(Cl)c(Cl)c1. The lowest BCUT2D eigenvalue weighted by molar-refractivity contribution is 0.0991. The summed E-state index contributed by atoms with van der Waals surface area (Å²) < 4.78 is 1.97. The van der Waals surface area contributed by atoms with Gasteiger partial charge in [0.25, 0.3) is 0 Å². The van der Waals surface area contributed by atoms with E-state index >= 15 is 0 Å². The van der Waals surface area contributed by atoms with Crippen molar-refractivity contribution in [2.75, 3.05) is 0 Å². The fourth-order valence-corrected chi connectivity index (χ4v) is 2.66. The third kappa shape index (κ3) is 2.73.